The molecule has 0 aliphatic rings. The van der Waals surface area contributed by atoms with Crippen LogP contribution in [0, 0.1) is 0 Å². The predicted octanol–water partition coefficient (Wildman–Crippen LogP) is 0.0453. The maximum Gasteiger partial charge on any atom is 0.221 e. The first-order chi connectivity index (χ1) is 2.77. The maximum atomic E-state index is 9.75. The number of carbonyl (C=O) groups excluding carboxylic acids is 1. The minimum absolute atomic E-state index is 0. The summed E-state index contributed by atoms with van der Waals surface area (Å²) < 4.78 is 0. The van der Waals surface area contributed by atoms with Crippen molar-refractivity contribution in [3.05, 3.63) is 12.7 Å². The zero-order valence-electron chi connectivity index (χ0n) is 3.83. The number of hydrogen-bond donors (Lipinski definition) is 1. The monoisotopic (exact) mass is 187 g/mol. The Morgan fingerprint density at radius 1 is 1.86 bits per heavy atom. The zero-order valence-corrected chi connectivity index (χ0v) is 5.57. The fourth-order valence-corrected chi connectivity index (χ4v) is 0.142. The Hall–Kier alpha value is -0.167. The zero-order chi connectivity index (χ0) is 4.99. The molecule has 2 nitrogen and oxygen atoms in total. The second-order valence-corrected chi connectivity index (χ2v) is 0.959. The van der Waals surface area contributed by atoms with E-state index in [0.29, 0.717) is 0 Å². The van der Waals surface area contributed by atoms with Crippen molar-refractivity contribution >= 4 is 5.91 Å². The van der Waals surface area contributed by atoms with Gasteiger partial charge < -0.3 is 5.73 Å². The van der Waals surface area contributed by atoms with Gasteiger partial charge in [0.05, 0.1) is 0 Å². The molecule has 0 aromatic heterocycles. The van der Waals surface area contributed by atoms with Crippen molar-refractivity contribution in [2.45, 2.75) is 6.42 Å². The number of nitrogens with two attached hydrogens (primary N) is 1. The largest absolute Gasteiger partial charge is 0.369 e. The third kappa shape index (κ3) is 10.7. The van der Waals surface area contributed by atoms with E-state index in [-0.39, 0.29) is 31.8 Å². The average molecular weight is 186 g/mol. The third-order valence-electron chi connectivity index (χ3n) is 0.346. The quantitative estimate of drug-likeness (QED) is 0.480. The summed E-state index contributed by atoms with van der Waals surface area (Å²) >= 11 is 0. The Morgan fingerprint density at radius 3 is 2.29 bits per heavy atom. The Morgan fingerprint density at radius 2 is 2.29 bits per heavy atom. The van der Waals surface area contributed by atoms with E-state index in [4.69, 9.17) is 5.73 Å². The van der Waals surface area contributed by atoms with Gasteiger partial charge in [-0.1, -0.05) is 6.08 Å². The second-order valence-electron chi connectivity index (χ2n) is 0.959. The van der Waals surface area contributed by atoms with E-state index in [1.807, 2.05) is 0 Å². The minimum atomic E-state index is -0.329. The van der Waals surface area contributed by atoms with Crippen LogP contribution in [-0.4, -0.2) is 5.91 Å². The van der Waals surface area contributed by atoms with E-state index in [0.717, 1.165) is 0 Å². The molecule has 0 spiro atoms. The Labute approximate surface area is 55.5 Å². The predicted molar refractivity (Wildman–Crippen MR) is 24.0 cm³/mol. The van der Waals surface area contributed by atoms with E-state index in [1.54, 1.807) is 0 Å². The van der Waals surface area contributed by atoms with Gasteiger partial charge in [-0.25, -0.2) is 0 Å². The van der Waals surface area contributed by atoms with Crippen molar-refractivity contribution in [2.75, 3.05) is 0 Å². The molecule has 3 heteroatoms. The molecule has 0 atom stereocenters. The summed E-state index contributed by atoms with van der Waals surface area (Å²) in [5, 5.41) is 0. The first kappa shape index (κ1) is 9.95. The molecule has 0 unspecified atom stereocenters. The molecule has 0 aliphatic heterocycles. The van der Waals surface area contributed by atoms with Crippen LogP contribution in [0.1, 0.15) is 6.42 Å². The van der Waals surface area contributed by atoms with Crippen molar-refractivity contribution in [1.29, 1.82) is 0 Å². The molecule has 42 valence electrons. The van der Waals surface area contributed by atoms with E-state index in [2.05, 4.69) is 6.58 Å². The van der Waals surface area contributed by atoms with Gasteiger partial charge in [0.2, 0.25) is 5.91 Å². The molecule has 7 heavy (non-hydrogen) atoms. The van der Waals surface area contributed by atoms with Crippen LogP contribution < -0.4 is 5.73 Å². The summed E-state index contributed by atoms with van der Waals surface area (Å²) in [5.74, 6) is -0.329. The fourth-order valence-electron chi connectivity index (χ4n) is 0.142. The van der Waals surface area contributed by atoms with Crippen molar-refractivity contribution in [3.63, 3.8) is 0 Å². The Kier molecular flexibility index (Phi) is 8.29. The van der Waals surface area contributed by atoms with Crippen LogP contribution in [0.2, 0.25) is 0 Å². The molecule has 1 amide bonds. The Bertz CT molecular complexity index is 72.1. The minimum Gasteiger partial charge on any atom is -0.369 e. The molecule has 0 heterocycles. The van der Waals surface area contributed by atoms with Crippen molar-refractivity contribution in [2.24, 2.45) is 5.73 Å². The van der Waals surface area contributed by atoms with Crippen molar-refractivity contribution in [1.82, 2.24) is 0 Å². The normalized spacial score (nSPS) is 6.29. The summed E-state index contributed by atoms with van der Waals surface area (Å²) in [6, 6.07) is 0. The molecular formula is C4H7NORu. The number of primary amides is 1. The SMILES string of the molecule is C=CCC(N)=O.[Ru]. The van der Waals surface area contributed by atoms with Gasteiger partial charge in [-0.15, -0.1) is 6.58 Å². The van der Waals surface area contributed by atoms with Gasteiger partial charge in [0, 0.05) is 25.9 Å². The van der Waals surface area contributed by atoms with Gasteiger partial charge in [0.15, 0.2) is 0 Å². The van der Waals surface area contributed by atoms with Gasteiger partial charge in [0.1, 0.15) is 0 Å². The molecule has 0 saturated carbocycles. The van der Waals surface area contributed by atoms with Gasteiger partial charge in [-0.3, -0.25) is 4.79 Å². The topological polar surface area (TPSA) is 43.1 Å². The summed E-state index contributed by atoms with van der Waals surface area (Å²) in [5.41, 5.74) is 4.69. The number of hydrogen-bond acceptors (Lipinski definition) is 1. The number of amides is 1. The van der Waals surface area contributed by atoms with Crippen LogP contribution >= 0.6 is 0 Å². The van der Waals surface area contributed by atoms with Crippen molar-refractivity contribution < 1.29 is 24.3 Å². The van der Waals surface area contributed by atoms with E-state index in [9.17, 15) is 4.79 Å². The smallest absolute Gasteiger partial charge is 0.221 e. The molecule has 0 aromatic rings. The molecule has 0 bridgehead atoms. The van der Waals surface area contributed by atoms with Gasteiger partial charge in [-0.2, -0.15) is 0 Å². The molecule has 0 rings (SSSR count). The van der Waals surface area contributed by atoms with Gasteiger partial charge in [-0.05, 0) is 0 Å². The summed E-state index contributed by atoms with van der Waals surface area (Å²) in [6.07, 6.45) is 1.75. The summed E-state index contributed by atoms with van der Waals surface area (Å²) in [6.45, 7) is 3.30. The van der Waals surface area contributed by atoms with Crippen LogP contribution in [-0.2, 0) is 24.3 Å². The second kappa shape index (κ2) is 5.83. The van der Waals surface area contributed by atoms with Gasteiger partial charge in [0.25, 0.3) is 0 Å². The molecule has 2 N–H and O–H groups in total. The molecule has 0 saturated heterocycles. The summed E-state index contributed by atoms with van der Waals surface area (Å²) in [4.78, 5) is 9.75. The number of carbonyl (C=O) groups is 1. The van der Waals surface area contributed by atoms with E-state index < -0.39 is 0 Å². The molecule has 0 aliphatic carbocycles. The van der Waals surface area contributed by atoms with Crippen LogP contribution in [0.25, 0.3) is 0 Å². The molecular weight excluding hydrogens is 179 g/mol. The van der Waals surface area contributed by atoms with E-state index >= 15 is 0 Å². The molecule has 0 fully saturated rings. The van der Waals surface area contributed by atoms with E-state index in [1.165, 1.54) is 6.08 Å². The first-order valence-electron chi connectivity index (χ1n) is 1.66. The third-order valence-corrected chi connectivity index (χ3v) is 0.346. The Balaban J connectivity index is 0. The van der Waals surface area contributed by atoms with Crippen LogP contribution in [0.5, 0.6) is 0 Å². The van der Waals surface area contributed by atoms with Crippen LogP contribution in [0.4, 0.5) is 0 Å². The molecule has 0 radical (unpaired) electrons. The van der Waals surface area contributed by atoms with Crippen molar-refractivity contribution in [3.8, 4) is 0 Å². The maximum absolute atomic E-state index is 9.75. The standard InChI is InChI=1S/C4H7NO.Ru/c1-2-3-4(5)6;/h2H,1,3H2,(H2,5,6);. The average Bonchev–Trinajstić information content (AvgIpc) is 1.35. The molecule has 0 aromatic carbocycles. The van der Waals surface area contributed by atoms with Gasteiger partial charge >= 0.3 is 0 Å². The van der Waals surface area contributed by atoms with Crippen LogP contribution in [0.3, 0.4) is 0 Å². The fraction of sp³-hybridized carbons (Fsp3) is 0.250. The summed E-state index contributed by atoms with van der Waals surface area (Å²) in [7, 11) is 0. The number of rotatable bonds is 2. The first-order valence-corrected chi connectivity index (χ1v) is 1.66. The van der Waals surface area contributed by atoms with Crippen LogP contribution in [0.15, 0.2) is 12.7 Å².